The zero-order chi connectivity index (χ0) is 18.5. The minimum atomic E-state index is -0.104. The quantitative estimate of drug-likeness (QED) is 0.736. The van der Waals surface area contributed by atoms with Crippen LogP contribution >= 0.6 is 11.6 Å². The van der Waals surface area contributed by atoms with Crippen molar-refractivity contribution in [2.24, 2.45) is 5.92 Å². The first-order valence-electron chi connectivity index (χ1n) is 8.74. The number of esters is 1. The van der Waals surface area contributed by atoms with Crippen molar-refractivity contribution in [2.75, 3.05) is 24.6 Å². The van der Waals surface area contributed by atoms with Gasteiger partial charge in [-0.2, -0.15) is 0 Å². The Bertz CT molecular complexity index is 776. The van der Waals surface area contributed by atoms with E-state index in [2.05, 4.69) is 14.9 Å². The van der Waals surface area contributed by atoms with E-state index < -0.39 is 0 Å². The molecule has 0 saturated carbocycles. The van der Waals surface area contributed by atoms with Gasteiger partial charge in [0.1, 0.15) is 17.9 Å². The largest absolute Gasteiger partial charge is 0.466 e. The number of halogens is 1. The van der Waals surface area contributed by atoms with Crippen LogP contribution < -0.4 is 9.64 Å². The Labute approximate surface area is 158 Å². The predicted octanol–water partition coefficient (Wildman–Crippen LogP) is 4.01. The highest BCUT2D eigenvalue weighted by Crippen LogP contribution is 2.31. The average molecular weight is 376 g/mol. The number of hydrogen-bond donors (Lipinski definition) is 0. The van der Waals surface area contributed by atoms with Crippen molar-refractivity contribution in [3.63, 3.8) is 0 Å². The molecule has 1 aromatic heterocycles. The molecule has 0 N–H and O–H groups in total. The highest BCUT2D eigenvalue weighted by Gasteiger charge is 2.26. The summed E-state index contributed by atoms with van der Waals surface area (Å²) in [5.41, 5.74) is 1.06. The first kappa shape index (κ1) is 18.5. The normalized spacial score (nSPS) is 15.0. The van der Waals surface area contributed by atoms with Crippen LogP contribution in [0.2, 0.25) is 5.02 Å². The van der Waals surface area contributed by atoms with Crippen LogP contribution in [-0.2, 0) is 9.53 Å². The number of carbonyl (C=O) groups is 1. The third-order valence-corrected chi connectivity index (χ3v) is 4.68. The molecule has 1 aromatic carbocycles. The monoisotopic (exact) mass is 375 g/mol. The molecular weight excluding hydrogens is 354 g/mol. The lowest BCUT2D eigenvalue weighted by atomic mass is 9.97. The van der Waals surface area contributed by atoms with E-state index in [9.17, 15) is 4.79 Å². The van der Waals surface area contributed by atoms with Crippen LogP contribution in [0.4, 0.5) is 5.82 Å². The van der Waals surface area contributed by atoms with Gasteiger partial charge in [0.25, 0.3) is 0 Å². The lowest BCUT2D eigenvalue weighted by Gasteiger charge is -2.31. The van der Waals surface area contributed by atoms with Crippen molar-refractivity contribution in [3.8, 4) is 11.6 Å². The number of ether oxygens (including phenoxy) is 2. The maximum atomic E-state index is 11.9. The second-order valence-corrected chi connectivity index (χ2v) is 6.67. The van der Waals surface area contributed by atoms with Gasteiger partial charge in [-0.25, -0.2) is 9.97 Å². The van der Waals surface area contributed by atoms with Gasteiger partial charge < -0.3 is 14.4 Å². The molecule has 2 heterocycles. The maximum Gasteiger partial charge on any atom is 0.309 e. The summed E-state index contributed by atoms with van der Waals surface area (Å²) in [5.74, 6) is 1.65. The molecule has 0 unspecified atom stereocenters. The number of carbonyl (C=O) groups excluding carboxylic acids is 1. The molecule has 0 aliphatic carbocycles. The zero-order valence-electron chi connectivity index (χ0n) is 14.9. The minimum absolute atomic E-state index is 0.0325. The van der Waals surface area contributed by atoms with Gasteiger partial charge in [-0.3, -0.25) is 4.79 Å². The summed E-state index contributed by atoms with van der Waals surface area (Å²) in [6.45, 7) is 5.71. The van der Waals surface area contributed by atoms with Gasteiger partial charge >= 0.3 is 5.97 Å². The van der Waals surface area contributed by atoms with Gasteiger partial charge in [0.05, 0.1) is 17.5 Å². The van der Waals surface area contributed by atoms with E-state index in [1.165, 1.54) is 6.33 Å². The Balaban J connectivity index is 1.66. The number of nitrogens with zero attached hydrogens (tertiary/aromatic N) is 3. The molecule has 0 spiro atoms. The van der Waals surface area contributed by atoms with Gasteiger partial charge in [0, 0.05) is 19.2 Å². The third-order valence-electron chi connectivity index (χ3n) is 4.37. The van der Waals surface area contributed by atoms with Crippen LogP contribution in [0.3, 0.4) is 0 Å². The van der Waals surface area contributed by atoms with E-state index in [1.54, 1.807) is 12.1 Å². The second kappa shape index (κ2) is 8.36. The topological polar surface area (TPSA) is 64.5 Å². The Morgan fingerprint density at radius 1 is 1.27 bits per heavy atom. The van der Waals surface area contributed by atoms with Crippen molar-refractivity contribution in [3.05, 3.63) is 41.2 Å². The van der Waals surface area contributed by atoms with Gasteiger partial charge in [-0.1, -0.05) is 17.7 Å². The Kier molecular flexibility index (Phi) is 5.93. The lowest BCUT2D eigenvalue weighted by Crippen LogP contribution is -2.37. The number of aromatic nitrogens is 2. The number of anilines is 1. The Morgan fingerprint density at radius 3 is 2.77 bits per heavy atom. The molecule has 26 heavy (non-hydrogen) atoms. The molecule has 1 fully saturated rings. The van der Waals surface area contributed by atoms with E-state index >= 15 is 0 Å². The van der Waals surface area contributed by atoms with Gasteiger partial charge in [0.2, 0.25) is 5.88 Å². The maximum absolute atomic E-state index is 11.9. The molecule has 6 nitrogen and oxygen atoms in total. The van der Waals surface area contributed by atoms with E-state index in [0.717, 1.165) is 37.3 Å². The molecule has 1 aliphatic rings. The minimum Gasteiger partial charge on any atom is -0.466 e. The van der Waals surface area contributed by atoms with Crippen LogP contribution in [0.1, 0.15) is 25.3 Å². The number of rotatable bonds is 5. The van der Waals surface area contributed by atoms with Crippen LogP contribution in [-0.4, -0.2) is 35.6 Å². The molecule has 1 saturated heterocycles. The van der Waals surface area contributed by atoms with Crippen molar-refractivity contribution in [2.45, 2.75) is 26.7 Å². The summed E-state index contributed by atoms with van der Waals surface area (Å²) in [5, 5.41) is 0.533. The molecule has 1 aliphatic heterocycles. The number of hydrogen-bond acceptors (Lipinski definition) is 6. The summed E-state index contributed by atoms with van der Waals surface area (Å²) >= 11 is 6.18. The molecule has 0 amide bonds. The highest BCUT2D eigenvalue weighted by atomic mass is 35.5. The molecule has 0 radical (unpaired) electrons. The van der Waals surface area contributed by atoms with Crippen molar-refractivity contribution >= 4 is 23.4 Å². The molecule has 138 valence electrons. The van der Waals surface area contributed by atoms with Crippen LogP contribution in [0, 0.1) is 12.8 Å². The first-order valence-corrected chi connectivity index (χ1v) is 9.12. The Morgan fingerprint density at radius 2 is 2.04 bits per heavy atom. The smallest absolute Gasteiger partial charge is 0.309 e. The van der Waals surface area contributed by atoms with Crippen LogP contribution in [0.5, 0.6) is 11.6 Å². The summed E-state index contributed by atoms with van der Waals surface area (Å²) in [7, 11) is 0. The van der Waals surface area contributed by atoms with Crippen molar-refractivity contribution in [1.29, 1.82) is 0 Å². The summed E-state index contributed by atoms with van der Waals surface area (Å²) in [4.78, 5) is 22.5. The summed E-state index contributed by atoms with van der Waals surface area (Å²) in [6.07, 6.45) is 2.98. The Hall–Kier alpha value is -2.34. The summed E-state index contributed by atoms with van der Waals surface area (Å²) in [6, 6.07) is 7.39. The molecular formula is C19H22ClN3O3. The first-order chi connectivity index (χ1) is 12.6. The van der Waals surface area contributed by atoms with E-state index in [4.69, 9.17) is 21.1 Å². The third kappa shape index (κ3) is 4.43. The van der Waals surface area contributed by atoms with Crippen molar-refractivity contribution < 1.29 is 14.3 Å². The summed E-state index contributed by atoms with van der Waals surface area (Å²) < 4.78 is 10.9. The number of benzene rings is 1. The van der Waals surface area contributed by atoms with E-state index in [0.29, 0.717) is 23.3 Å². The van der Waals surface area contributed by atoms with Crippen LogP contribution in [0.25, 0.3) is 0 Å². The average Bonchev–Trinajstić information content (AvgIpc) is 2.65. The zero-order valence-corrected chi connectivity index (χ0v) is 15.7. The molecule has 0 atom stereocenters. The van der Waals surface area contributed by atoms with E-state index in [-0.39, 0.29) is 11.9 Å². The molecule has 0 bridgehead atoms. The van der Waals surface area contributed by atoms with Gasteiger partial charge in [0.15, 0.2) is 0 Å². The highest BCUT2D eigenvalue weighted by molar-refractivity contribution is 6.32. The SMILES string of the molecule is CCOC(=O)C1CCN(c2cc(Oc3cc(C)ccc3Cl)ncn2)CC1. The standard InChI is InChI=1S/C19H22ClN3O3/c1-3-25-19(24)14-6-8-23(9-7-14)17-11-18(22-12-21-17)26-16-10-13(2)4-5-15(16)20/h4-5,10-12,14H,3,6-9H2,1-2H3. The fourth-order valence-electron chi connectivity index (χ4n) is 2.96. The molecule has 2 aromatic rings. The van der Waals surface area contributed by atoms with E-state index in [1.807, 2.05) is 26.0 Å². The lowest BCUT2D eigenvalue weighted by molar-refractivity contribution is -0.148. The number of aryl methyl sites for hydroxylation is 1. The van der Waals surface area contributed by atoms with Crippen molar-refractivity contribution in [1.82, 2.24) is 9.97 Å². The van der Waals surface area contributed by atoms with Crippen LogP contribution in [0.15, 0.2) is 30.6 Å². The predicted molar refractivity (Wildman–Crippen MR) is 99.9 cm³/mol. The number of piperidine rings is 1. The fraction of sp³-hybridized carbons (Fsp3) is 0.421. The van der Waals surface area contributed by atoms with Gasteiger partial charge in [-0.15, -0.1) is 0 Å². The second-order valence-electron chi connectivity index (χ2n) is 6.26. The molecule has 3 rings (SSSR count). The molecule has 7 heteroatoms. The van der Waals surface area contributed by atoms with Gasteiger partial charge in [-0.05, 0) is 44.4 Å². The fourth-order valence-corrected chi connectivity index (χ4v) is 3.12.